The number of aromatic nitrogens is 2. The first kappa shape index (κ1) is 29.3. The van der Waals surface area contributed by atoms with Crippen molar-refractivity contribution in [2.75, 3.05) is 18.9 Å². The van der Waals surface area contributed by atoms with Gasteiger partial charge in [0, 0.05) is 6.20 Å². The third-order valence-corrected chi connectivity index (χ3v) is 7.41. The molecule has 0 saturated carbocycles. The summed E-state index contributed by atoms with van der Waals surface area (Å²) in [7, 11) is -4.26. The molecule has 1 saturated heterocycles. The van der Waals surface area contributed by atoms with Crippen molar-refractivity contribution in [2.45, 2.75) is 52.2 Å². The summed E-state index contributed by atoms with van der Waals surface area (Å²) < 4.78 is 37.0. The smallest absolute Gasteiger partial charge is 0.459 e. The van der Waals surface area contributed by atoms with Gasteiger partial charge in [-0.05, 0) is 38.0 Å². The van der Waals surface area contributed by atoms with Gasteiger partial charge in [0.15, 0.2) is 6.23 Å². The second-order valence-corrected chi connectivity index (χ2v) is 11.2. The number of nitrogen functional groups attached to an aromatic ring is 1. The third kappa shape index (κ3) is 6.78. The minimum absolute atomic E-state index is 0.0190. The van der Waals surface area contributed by atoms with E-state index in [2.05, 4.69) is 10.1 Å². The van der Waals surface area contributed by atoms with Crippen LogP contribution in [0.25, 0.3) is 0 Å². The fourth-order valence-electron chi connectivity index (χ4n) is 3.67. The van der Waals surface area contributed by atoms with Crippen LogP contribution in [0.3, 0.4) is 0 Å². The van der Waals surface area contributed by atoms with Gasteiger partial charge in [-0.15, -0.1) is 0 Å². The summed E-state index contributed by atoms with van der Waals surface area (Å²) in [5.74, 6) is -0.390. The SMILES string of the molecule is CC(C)COC(=O)[C@H](C)NP(=O)(OC[C@H]1O[C@@H](n2ccc(N)nc2=O)[C@](C)(C#N)[C@@H]1O)Oc1ccccc1. The van der Waals surface area contributed by atoms with E-state index in [1.165, 1.54) is 26.1 Å². The number of hydrogen-bond donors (Lipinski definition) is 3. The van der Waals surface area contributed by atoms with E-state index < -0.39 is 55.9 Å². The molecule has 0 bridgehead atoms. The quantitative estimate of drug-likeness (QED) is 0.274. The number of rotatable bonds is 11. The Kier molecular flexibility index (Phi) is 9.30. The molecule has 1 unspecified atom stereocenters. The molecule has 0 radical (unpaired) electrons. The van der Waals surface area contributed by atoms with Crippen molar-refractivity contribution < 1.29 is 33.0 Å². The van der Waals surface area contributed by atoms with Gasteiger partial charge >= 0.3 is 19.4 Å². The first-order valence-electron chi connectivity index (χ1n) is 11.9. The van der Waals surface area contributed by atoms with E-state index in [9.17, 15) is 24.5 Å². The Bertz CT molecular complexity index is 1270. The Balaban J connectivity index is 1.81. The minimum Gasteiger partial charge on any atom is -0.464 e. The van der Waals surface area contributed by atoms with Crippen LogP contribution in [-0.4, -0.2) is 52.1 Å². The van der Waals surface area contributed by atoms with Crippen LogP contribution in [0.1, 0.15) is 33.9 Å². The number of carbonyl (C=O) groups excluding carboxylic acids is 1. The molecule has 206 valence electrons. The van der Waals surface area contributed by atoms with Crippen molar-refractivity contribution in [3.8, 4) is 11.8 Å². The third-order valence-electron chi connectivity index (χ3n) is 5.77. The van der Waals surface area contributed by atoms with Crippen LogP contribution in [0.5, 0.6) is 5.75 Å². The van der Waals surface area contributed by atoms with Gasteiger partial charge < -0.3 is 24.8 Å². The van der Waals surface area contributed by atoms with E-state index in [1.807, 2.05) is 19.9 Å². The number of anilines is 1. The molecule has 1 aliphatic rings. The first-order valence-corrected chi connectivity index (χ1v) is 13.5. The van der Waals surface area contributed by atoms with E-state index in [4.69, 9.17) is 24.3 Å². The number of esters is 1. The maximum Gasteiger partial charge on any atom is 0.459 e. The highest BCUT2D eigenvalue weighted by atomic mass is 31.2. The summed E-state index contributed by atoms with van der Waals surface area (Å²) in [5.41, 5.74) is 3.17. The Hall–Kier alpha value is -3.27. The topological polar surface area (TPSA) is 188 Å². The molecule has 0 spiro atoms. The number of aliphatic hydroxyl groups excluding tert-OH is 1. The molecule has 6 atom stereocenters. The van der Waals surface area contributed by atoms with Gasteiger partial charge in [0.25, 0.3) is 0 Å². The molecule has 1 aromatic heterocycles. The van der Waals surface area contributed by atoms with Crippen molar-refractivity contribution in [2.24, 2.45) is 11.3 Å². The average molecular weight is 550 g/mol. The molecule has 14 heteroatoms. The number of carbonyl (C=O) groups is 1. The van der Waals surface area contributed by atoms with E-state index in [-0.39, 0.29) is 24.1 Å². The van der Waals surface area contributed by atoms with Crippen molar-refractivity contribution in [3.63, 3.8) is 0 Å². The highest BCUT2D eigenvalue weighted by Crippen LogP contribution is 2.48. The molecule has 0 aliphatic carbocycles. The first-order chi connectivity index (χ1) is 17.9. The van der Waals surface area contributed by atoms with Crippen LogP contribution >= 0.6 is 7.75 Å². The fraction of sp³-hybridized carbons (Fsp3) is 0.500. The molecule has 38 heavy (non-hydrogen) atoms. The highest BCUT2D eigenvalue weighted by Gasteiger charge is 2.55. The minimum atomic E-state index is -4.26. The van der Waals surface area contributed by atoms with Crippen molar-refractivity contribution in [3.05, 3.63) is 53.1 Å². The number of aliphatic hydroxyl groups is 1. The zero-order chi connectivity index (χ0) is 28.1. The van der Waals surface area contributed by atoms with Crippen LogP contribution in [0.4, 0.5) is 5.82 Å². The predicted octanol–water partition coefficient (Wildman–Crippen LogP) is 1.99. The molecule has 2 aromatic rings. The van der Waals surface area contributed by atoms with Gasteiger partial charge in [-0.3, -0.25) is 13.9 Å². The number of nitrogens with zero attached hydrogens (tertiary/aromatic N) is 3. The zero-order valence-electron chi connectivity index (χ0n) is 21.5. The lowest BCUT2D eigenvalue weighted by Gasteiger charge is -2.26. The Morgan fingerprint density at radius 2 is 2.03 bits per heavy atom. The number of ether oxygens (including phenoxy) is 2. The average Bonchev–Trinajstić information content (AvgIpc) is 3.12. The number of nitrogens with two attached hydrogens (primary N) is 1. The van der Waals surface area contributed by atoms with Gasteiger partial charge in [-0.25, -0.2) is 9.36 Å². The molecule has 2 heterocycles. The lowest BCUT2D eigenvalue weighted by atomic mass is 9.84. The van der Waals surface area contributed by atoms with Crippen molar-refractivity contribution in [1.82, 2.24) is 14.6 Å². The molecule has 3 rings (SSSR count). The van der Waals surface area contributed by atoms with E-state index in [0.717, 1.165) is 4.57 Å². The van der Waals surface area contributed by atoms with Crippen LogP contribution < -0.4 is 21.0 Å². The summed E-state index contributed by atoms with van der Waals surface area (Å²) in [4.78, 5) is 28.4. The second-order valence-electron chi connectivity index (χ2n) is 9.48. The van der Waals surface area contributed by atoms with Crippen molar-refractivity contribution in [1.29, 1.82) is 5.26 Å². The van der Waals surface area contributed by atoms with Crippen molar-refractivity contribution >= 4 is 19.5 Å². The van der Waals surface area contributed by atoms with Crippen LogP contribution in [0.2, 0.25) is 0 Å². The molecule has 13 nitrogen and oxygen atoms in total. The van der Waals surface area contributed by atoms with E-state index >= 15 is 0 Å². The van der Waals surface area contributed by atoms with Gasteiger partial charge in [0.05, 0.1) is 19.3 Å². The number of para-hydroxylation sites is 1. The normalized spacial score (nSPS) is 25.3. The Morgan fingerprint density at radius 1 is 1.34 bits per heavy atom. The van der Waals surface area contributed by atoms with Gasteiger partial charge in [-0.1, -0.05) is 32.0 Å². The lowest BCUT2D eigenvalue weighted by molar-refractivity contribution is -0.146. The number of nitriles is 1. The summed E-state index contributed by atoms with van der Waals surface area (Å²) >= 11 is 0. The maximum atomic E-state index is 13.7. The predicted molar refractivity (Wildman–Crippen MR) is 136 cm³/mol. The Labute approximate surface area is 220 Å². The molecule has 4 N–H and O–H groups in total. The monoisotopic (exact) mass is 549 g/mol. The van der Waals surface area contributed by atoms with E-state index in [0.29, 0.717) is 0 Å². The molecular formula is C24H32N5O8P. The summed E-state index contributed by atoms with van der Waals surface area (Å²) in [6.07, 6.45) is -2.60. The molecule has 1 aromatic carbocycles. The molecule has 1 fully saturated rings. The van der Waals surface area contributed by atoms with Crippen LogP contribution in [-0.2, 0) is 23.4 Å². The number of benzene rings is 1. The molecule has 0 amide bonds. The summed E-state index contributed by atoms with van der Waals surface area (Å²) in [5, 5.41) is 23.4. The zero-order valence-corrected chi connectivity index (χ0v) is 22.4. The van der Waals surface area contributed by atoms with E-state index in [1.54, 1.807) is 30.3 Å². The maximum absolute atomic E-state index is 13.7. The molecular weight excluding hydrogens is 517 g/mol. The molecule has 1 aliphatic heterocycles. The largest absolute Gasteiger partial charge is 0.464 e. The number of nitrogens with one attached hydrogen (secondary N) is 1. The number of hydrogen-bond acceptors (Lipinski definition) is 11. The van der Waals surface area contributed by atoms with Crippen LogP contribution in [0, 0.1) is 22.7 Å². The van der Waals surface area contributed by atoms with Gasteiger partial charge in [0.1, 0.15) is 35.2 Å². The van der Waals surface area contributed by atoms with Gasteiger partial charge in [-0.2, -0.15) is 15.3 Å². The lowest BCUT2D eigenvalue weighted by Crippen LogP contribution is -2.40. The fourth-order valence-corrected chi connectivity index (χ4v) is 5.17. The summed E-state index contributed by atoms with van der Waals surface area (Å²) in [6.45, 7) is 6.26. The Morgan fingerprint density at radius 3 is 2.63 bits per heavy atom. The van der Waals surface area contributed by atoms with Crippen LogP contribution in [0.15, 0.2) is 47.4 Å². The highest BCUT2D eigenvalue weighted by molar-refractivity contribution is 7.52. The standard InChI is InChI=1S/C24H32N5O8P/c1-15(2)12-34-21(31)16(3)28-38(33,37-17-8-6-5-7-9-17)35-13-18-20(30)24(4,14-25)22(36-18)29-11-10-19(26)27-23(29)32/h5-11,15-16,18,20,22,30H,12-13H2,1-4H3,(H,28,33)(H2,26,27,32)/t16-,18+,20+,22+,24+,38?/m0/s1. The van der Waals surface area contributed by atoms with Gasteiger partial charge in [0.2, 0.25) is 0 Å². The second kappa shape index (κ2) is 12.1. The summed E-state index contributed by atoms with van der Waals surface area (Å²) in [6, 6.07) is 10.4.